The van der Waals surface area contributed by atoms with Gasteiger partial charge in [-0.25, -0.2) is 9.97 Å². The van der Waals surface area contributed by atoms with E-state index in [0.717, 1.165) is 5.69 Å². The van der Waals surface area contributed by atoms with Crippen LogP contribution >= 0.6 is 0 Å². The second-order valence-corrected chi connectivity index (χ2v) is 3.36. The Kier molecular flexibility index (Phi) is 2.17. The van der Waals surface area contributed by atoms with Crippen LogP contribution in [0, 0.1) is 6.92 Å². The van der Waals surface area contributed by atoms with Gasteiger partial charge < -0.3 is 10.0 Å². The van der Waals surface area contributed by atoms with Gasteiger partial charge >= 0.3 is 0 Å². The van der Waals surface area contributed by atoms with Crippen molar-refractivity contribution in [3.05, 3.63) is 18.2 Å². The molecule has 1 aromatic heterocycles. The maximum Gasteiger partial charge on any atom is 0.229 e. The highest BCUT2D eigenvalue weighted by molar-refractivity contribution is 5.96. The number of anilines is 1. The van der Waals surface area contributed by atoms with Crippen molar-refractivity contribution in [3.8, 4) is 0 Å². The largest absolute Gasteiger partial charge is 0.391 e. The number of amides is 1. The lowest BCUT2D eigenvalue weighted by Crippen LogP contribution is -2.26. The summed E-state index contributed by atoms with van der Waals surface area (Å²) in [7, 11) is 0. The Morgan fingerprint density at radius 2 is 2.43 bits per heavy atom. The summed E-state index contributed by atoms with van der Waals surface area (Å²) in [6.45, 7) is 2.15. The SMILES string of the molecule is Cc1ncncc1N1CC(O)CC1=O. The van der Waals surface area contributed by atoms with E-state index in [-0.39, 0.29) is 12.3 Å². The van der Waals surface area contributed by atoms with E-state index in [1.165, 1.54) is 11.2 Å². The van der Waals surface area contributed by atoms with Crippen molar-refractivity contribution in [2.75, 3.05) is 11.4 Å². The first-order chi connectivity index (χ1) is 6.68. The second-order valence-electron chi connectivity index (χ2n) is 3.36. The minimum absolute atomic E-state index is 0.0737. The smallest absolute Gasteiger partial charge is 0.229 e. The molecule has 0 saturated carbocycles. The summed E-state index contributed by atoms with van der Waals surface area (Å²) < 4.78 is 0. The number of hydrogen-bond acceptors (Lipinski definition) is 4. The minimum atomic E-state index is -0.567. The van der Waals surface area contributed by atoms with E-state index < -0.39 is 6.10 Å². The second kappa shape index (κ2) is 3.34. The number of nitrogens with zero attached hydrogens (tertiary/aromatic N) is 3. The molecule has 14 heavy (non-hydrogen) atoms. The molecule has 1 aliphatic rings. The van der Waals surface area contributed by atoms with E-state index in [4.69, 9.17) is 0 Å². The molecule has 5 nitrogen and oxygen atoms in total. The van der Waals surface area contributed by atoms with Crippen molar-refractivity contribution in [2.24, 2.45) is 0 Å². The summed E-state index contributed by atoms with van der Waals surface area (Å²) >= 11 is 0. The van der Waals surface area contributed by atoms with Crippen molar-refractivity contribution in [1.29, 1.82) is 0 Å². The van der Waals surface area contributed by atoms with Crippen molar-refractivity contribution in [1.82, 2.24) is 9.97 Å². The Labute approximate surface area is 81.4 Å². The number of aliphatic hydroxyl groups is 1. The molecule has 2 rings (SSSR count). The summed E-state index contributed by atoms with van der Waals surface area (Å²) in [6.07, 6.45) is 2.66. The molecule has 5 heteroatoms. The van der Waals surface area contributed by atoms with Crippen LogP contribution in [0.3, 0.4) is 0 Å². The third-order valence-electron chi connectivity index (χ3n) is 2.28. The first-order valence-corrected chi connectivity index (χ1v) is 4.43. The summed E-state index contributed by atoms with van der Waals surface area (Å²) in [4.78, 5) is 20.8. The van der Waals surface area contributed by atoms with Gasteiger partial charge in [0, 0.05) is 0 Å². The molecule has 1 unspecified atom stereocenters. The van der Waals surface area contributed by atoms with Gasteiger partial charge in [-0.1, -0.05) is 0 Å². The highest BCUT2D eigenvalue weighted by Crippen LogP contribution is 2.22. The zero-order chi connectivity index (χ0) is 10.1. The van der Waals surface area contributed by atoms with Gasteiger partial charge in [-0.15, -0.1) is 0 Å². The molecule has 74 valence electrons. The molecule has 1 N–H and O–H groups in total. The van der Waals surface area contributed by atoms with Crippen molar-refractivity contribution in [3.63, 3.8) is 0 Å². The van der Waals surface area contributed by atoms with Gasteiger partial charge in [-0.3, -0.25) is 4.79 Å². The minimum Gasteiger partial charge on any atom is -0.391 e. The van der Waals surface area contributed by atoms with E-state index in [2.05, 4.69) is 9.97 Å². The zero-order valence-corrected chi connectivity index (χ0v) is 7.84. The predicted octanol–water partition coefficient (Wildman–Crippen LogP) is -0.117. The van der Waals surface area contributed by atoms with Gasteiger partial charge in [0.15, 0.2) is 0 Å². The van der Waals surface area contributed by atoms with Crippen LogP contribution in [-0.2, 0) is 4.79 Å². The Morgan fingerprint density at radius 3 is 3.00 bits per heavy atom. The predicted molar refractivity (Wildman–Crippen MR) is 49.7 cm³/mol. The van der Waals surface area contributed by atoms with Gasteiger partial charge in [0.1, 0.15) is 6.33 Å². The number of aliphatic hydroxyl groups excluding tert-OH is 1. The highest BCUT2D eigenvalue weighted by atomic mass is 16.3. The molecule has 1 aliphatic heterocycles. The topological polar surface area (TPSA) is 66.3 Å². The molecule has 0 spiro atoms. The van der Waals surface area contributed by atoms with Crippen LogP contribution in [0.1, 0.15) is 12.1 Å². The summed E-state index contributed by atoms with van der Waals surface area (Å²) in [5, 5.41) is 9.32. The Hall–Kier alpha value is -1.49. The molecular formula is C9H11N3O2. The van der Waals surface area contributed by atoms with Crippen LogP contribution in [0.4, 0.5) is 5.69 Å². The highest BCUT2D eigenvalue weighted by Gasteiger charge is 2.30. The monoisotopic (exact) mass is 193 g/mol. The molecule has 0 aliphatic carbocycles. The number of aryl methyl sites for hydroxylation is 1. The van der Waals surface area contributed by atoms with Crippen LogP contribution in [-0.4, -0.2) is 33.6 Å². The quantitative estimate of drug-likeness (QED) is 0.675. The van der Waals surface area contributed by atoms with Crippen LogP contribution in [0.15, 0.2) is 12.5 Å². The number of aromatic nitrogens is 2. The summed E-state index contributed by atoms with van der Waals surface area (Å²) in [5.74, 6) is -0.0737. The van der Waals surface area contributed by atoms with Gasteiger partial charge in [0.25, 0.3) is 0 Å². The normalized spacial score (nSPS) is 21.7. The number of carbonyl (C=O) groups excluding carboxylic acids is 1. The summed E-state index contributed by atoms with van der Waals surface area (Å²) in [6, 6.07) is 0. The average molecular weight is 193 g/mol. The Balaban J connectivity index is 2.32. The average Bonchev–Trinajstić information content (AvgIpc) is 2.46. The molecule has 0 aromatic carbocycles. The lowest BCUT2D eigenvalue weighted by atomic mass is 10.3. The van der Waals surface area contributed by atoms with Crippen LogP contribution in [0.2, 0.25) is 0 Å². The molecule has 1 atom stereocenters. The van der Waals surface area contributed by atoms with E-state index in [1.54, 1.807) is 6.20 Å². The van der Waals surface area contributed by atoms with Gasteiger partial charge in [0.2, 0.25) is 5.91 Å². The first kappa shape index (κ1) is 9.08. The molecule has 1 fully saturated rings. The number of hydrogen-bond donors (Lipinski definition) is 1. The number of carbonyl (C=O) groups is 1. The van der Waals surface area contributed by atoms with E-state index in [1.807, 2.05) is 6.92 Å². The van der Waals surface area contributed by atoms with E-state index in [0.29, 0.717) is 12.2 Å². The molecule has 2 heterocycles. The van der Waals surface area contributed by atoms with Crippen molar-refractivity contribution < 1.29 is 9.90 Å². The maximum atomic E-state index is 11.4. The van der Waals surface area contributed by atoms with Crippen LogP contribution in [0.25, 0.3) is 0 Å². The fourth-order valence-electron chi connectivity index (χ4n) is 1.57. The van der Waals surface area contributed by atoms with E-state index >= 15 is 0 Å². The summed E-state index contributed by atoms with van der Waals surface area (Å²) in [5.41, 5.74) is 1.44. The van der Waals surface area contributed by atoms with Gasteiger partial charge in [-0.05, 0) is 6.92 Å². The number of β-amino-alcohol motifs (C(OH)–C–C–N with tert-alkyl or cyclic N) is 1. The third kappa shape index (κ3) is 1.46. The van der Waals surface area contributed by atoms with Gasteiger partial charge in [-0.2, -0.15) is 0 Å². The first-order valence-electron chi connectivity index (χ1n) is 4.43. The molecule has 1 saturated heterocycles. The Bertz CT molecular complexity index is 367. The lowest BCUT2D eigenvalue weighted by Gasteiger charge is -2.16. The Morgan fingerprint density at radius 1 is 1.64 bits per heavy atom. The van der Waals surface area contributed by atoms with Crippen LogP contribution < -0.4 is 4.90 Å². The molecule has 1 aromatic rings. The number of rotatable bonds is 1. The van der Waals surface area contributed by atoms with E-state index in [9.17, 15) is 9.90 Å². The molecule has 0 radical (unpaired) electrons. The van der Waals surface area contributed by atoms with Crippen molar-refractivity contribution >= 4 is 11.6 Å². The molecule has 0 bridgehead atoms. The third-order valence-corrected chi connectivity index (χ3v) is 2.28. The molecule has 1 amide bonds. The maximum absolute atomic E-state index is 11.4. The zero-order valence-electron chi connectivity index (χ0n) is 7.84. The lowest BCUT2D eigenvalue weighted by molar-refractivity contribution is -0.117. The fraction of sp³-hybridized carbons (Fsp3) is 0.444. The molecular weight excluding hydrogens is 182 g/mol. The van der Waals surface area contributed by atoms with Gasteiger partial charge in [0.05, 0.1) is 36.6 Å². The fourth-order valence-corrected chi connectivity index (χ4v) is 1.57. The van der Waals surface area contributed by atoms with Crippen molar-refractivity contribution in [2.45, 2.75) is 19.4 Å². The standard InChI is InChI=1S/C9H11N3O2/c1-6-8(3-10-5-11-6)12-4-7(13)2-9(12)14/h3,5,7,13H,2,4H2,1H3. The van der Waals surface area contributed by atoms with Crippen LogP contribution in [0.5, 0.6) is 0 Å².